The number of amides is 1. The summed E-state index contributed by atoms with van der Waals surface area (Å²) in [6.07, 6.45) is 2.29. The van der Waals surface area contributed by atoms with Crippen molar-refractivity contribution in [3.05, 3.63) is 35.4 Å². The summed E-state index contributed by atoms with van der Waals surface area (Å²) in [5.41, 5.74) is 2.59. The first-order valence-corrected chi connectivity index (χ1v) is 8.13. The van der Waals surface area contributed by atoms with Gasteiger partial charge in [-0.05, 0) is 43.7 Å². The predicted octanol–water partition coefficient (Wildman–Crippen LogP) is 3.47. The Labute approximate surface area is 128 Å². The van der Waals surface area contributed by atoms with Crippen LogP contribution in [0.5, 0.6) is 0 Å². The SMILES string of the molecule is CC(NC(C)c1ccc(C(C)C)cc1)C(=O)N1CCCC1. The number of hydrogen-bond donors (Lipinski definition) is 1. The maximum atomic E-state index is 12.3. The highest BCUT2D eigenvalue weighted by Crippen LogP contribution is 2.19. The number of likely N-dealkylation sites (tertiary alicyclic amines) is 1. The third kappa shape index (κ3) is 4.07. The number of nitrogens with zero attached hydrogens (tertiary/aromatic N) is 1. The molecule has 0 saturated carbocycles. The lowest BCUT2D eigenvalue weighted by molar-refractivity contribution is -0.132. The first-order chi connectivity index (χ1) is 9.99. The summed E-state index contributed by atoms with van der Waals surface area (Å²) in [6, 6.07) is 8.77. The summed E-state index contributed by atoms with van der Waals surface area (Å²) in [7, 11) is 0. The highest BCUT2D eigenvalue weighted by atomic mass is 16.2. The third-order valence-corrected chi connectivity index (χ3v) is 4.39. The van der Waals surface area contributed by atoms with Crippen molar-refractivity contribution in [2.45, 2.75) is 58.5 Å². The van der Waals surface area contributed by atoms with Gasteiger partial charge in [0, 0.05) is 19.1 Å². The van der Waals surface area contributed by atoms with E-state index in [1.807, 2.05) is 11.8 Å². The summed E-state index contributed by atoms with van der Waals surface area (Å²) >= 11 is 0. The second-order valence-corrected chi connectivity index (χ2v) is 6.46. The van der Waals surface area contributed by atoms with Crippen molar-refractivity contribution in [1.29, 1.82) is 0 Å². The largest absolute Gasteiger partial charge is 0.341 e. The average molecular weight is 288 g/mol. The van der Waals surface area contributed by atoms with Crippen LogP contribution in [0.2, 0.25) is 0 Å². The Morgan fingerprint density at radius 1 is 1.00 bits per heavy atom. The molecule has 3 nitrogen and oxygen atoms in total. The van der Waals surface area contributed by atoms with Crippen LogP contribution in [-0.2, 0) is 4.79 Å². The number of benzene rings is 1. The van der Waals surface area contributed by atoms with E-state index in [2.05, 4.69) is 50.4 Å². The maximum Gasteiger partial charge on any atom is 0.239 e. The molecule has 1 aliphatic rings. The minimum Gasteiger partial charge on any atom is -0.341 e. The molecule has 0 radical (unpaired) electrons. The van der Waals surface area contributed by atoms with Gasteiger partial charge in [0.25, 0.3) is 0 Å². The second-order valence-electron chi connectivity index (χ2n) is 6.46. The minimum atomic E-state index is -0.122. The normalized spacial score (nSPS) is 18.0. The first kappa shape index (κ1) is 16.0. The highest BCUT2D eigenvalue weighted by molar-refractivity contribution is 5.81. The van der Waals surface area contributed by atoms with Gasteiger partial charge in [0.1, 0.15) is 0 Å². The van der Waals surface area contributed by atoms with Crippen LogP contribution in [-0.4, -0.2) is 29.9 Å². The molecule has 1 heterocycles. The van der Waals surface area contributed by atoms with Gasteiger partial charge in [-0.15, -0.1) is 0 Å². The van der Waals surface area contributed by atoms with Gasteiger partial charge < -0.3 is 4.90 Å². The average Bonchev–Trinajstić information content (AvgIpc) is 3.00. The highest BCUT2D eigenvalue weighted by Gasteiger charge is 2.24. The van der Waals surface area contributed by atoms with Gasteiger partial charge in [-0.3, -0.25) is 10.1 Å². The van der Waals surface area contributed by atoms with E-state index in [0.29, 0.717) is 5.92 Å². The molecule has 0 aromatic heterocycles. The van der Waals surface area contributed by atoms with E-state index < -0.39 is 0 Å². The fraction of sp³-hybridized carbons (Fsp3) is 0.611. The van der Waals surface area contributed by atoms with Crippen LogP contribution in [0.1, 0.15) is 63.6 Å². The fourth-order valence-corrected chi connectivity index (χ4v) is 2.92. The molecule has 1 aliphatic heterocycles. The zero-order chi connectivity index (χ0) is 15.4. The number of carbonyl (C=O) groups excluding carboxylic acids is 1. The van der Waals surface area contributed by atoms with E-state index >= 15 is 0 Å². The molecule has 2 rings (SSSR count). The predicted molar refractivity (Wildman–Crippen MR) is 87.4 cm³/mol. The number of carbonyl (C=O) groups is 1. The van der Waals surface area contributed by atoms with Crippen LogP contribution in [0.4, 0.5) is 0 Å². The fourth-order valence-electron chi connectivity index (χ4n) is 2.92. The van der Waals surface area contributed by atoms with Crippen molar-refractivity contribution in [3.63, 3.8) is 0 Å². The zero-order valence-electron chi connectivity index (χ0n) is 13.7. The standard InChI is InChI=1S/C18H28N2O/c1-13(2)16-7-9-17(10-8-16)14(3)19-15(4)18(21)20-11-5-6-12-20/h7-10,13-15,19H,5-6,11-12H2,1-4H3. The summed E-state index contributed by atoms with van der Waals surface area (Å²) < 4.78 is 0. The van der Waals surface area contributed by atoms with Crippen LogP contribution >= 0.6 is 0 Å². The Hall–Kier alpha value is -1.35. The van der Waals surface area contributed by atoms with Gasteiger partial charge in [-0.1, -0.05) is 38.1 Å². The number of rotatable bonds is 5. The molecule has 1 saturated heterocycles. The van der Waals surface area contributed by atoms with Crippen LogP contribution < -0.4 is 5.32 Å². The third-order valence-electron chi connectivity index (χ3n) is 4.39. The second kappa shape index (κ2) is 7.08. The lowest BCUT2D eigenvalue weighted by Crippen LogP contribution is -2.44. The molecule has 3 heteroatoms. The quantitative estimate of drug-likeness (QED) is 0.899. The zero-order valence-corrected chi connectivity index (χ0v) is 13.7. The van der Waals surface area contributed by atoms with Gasteiger partial charge in [-0.25, -0.2) is 0 Å². The molecule has 2 atom stereocenters. The van der Waals surface area contributed by atoms with Crippen LogP contribution in [0.25, 0.3) is 0 Å². The van der Waals surface area contributed by atoms with E-state index in [1.165, 1.54) is 11.1 Å². The lowest BCUT2D eigenvalue weighted by Gasteiger charge is -2.24. The Morgan fingerprint density at radius 3 is 2.05 bits per heavy atom. The van der Waals surface area contributed by atoms with Crippen molar-refractivity contribution in [3.8, 4) is 0 Å². The van der Waals surface area contributed by atoms with Gasteiger partial charge in [0.05, 0.1) is 6.04 Å². The van der Waals surface area contributed by atoms with Crippen LogP contribution in [0.15, 0.2) is 24.3 Å². The molecule has 1 fully saturated rings. The van der Waals surface area contributed by atoms with E-state index in [1.54, 1.807) is 0 Å². The van der Waals surface area contributed by atoms with Crippen molar-refractivity contribution >= 4 is 5.91 Å². The summed E-state index contributed by atoms with van der Waals surface area (Å²) in [5, 5.41) is 3.43. The first-order valence-electron chi connectivity index (χ1n) is 8.13. The van der Waals surface area contributed by atoms with Gasteiger partial charge in [-0.2, -0.15) is 0 Å². The van der Waals surface area contributed by atoms with Gasteiger partial charge in [0.2, 0.25) is 5.91 Å². The van der Waals surface area contributed by atoms with E-state index in [4.69, 9.17) is 0 Å². The smallest absolute Gasteiger partial charge is 0.239 e. The molecule has 1 aromatic rings. The Morgan fingerprint density at radius 2 is 1.52 bits per heavy atom. The number of nitrogens with one attached hydrogen (secondary N) is 1. The van der Waals surface area contributed by atoms with E-state index in [0.717, 1.165) is 25.9 Å². The molecule has 2 unspecified atom stereocenters. The topological polar surface area (TPSA) is 32.3 Å². The monoisotopic (exact) mass is 288 g/mol. The Balaban J connectivity index is 1.93. The molecule has 0 spiro atoms. The van der Waals surface area contributed by atoms with Crippen LogP contribution in [0.3, 0.4) is 0 Å². The molecular weight excluding hydrogens is 260 g/mol. The number of hydrogen-bond acceptors (Lipinski definition) is 2. The van der Waals surface area contributed by atoms with Crippen molar-refractivity contribution < 1.29 is 4.79 Å². The summed E-state index contributed by atoms with van der Waals surface area (Å²) in [5.74, 6) is 0.788. The molecule has 1 N–H and O–H groups in total. The molecule has 1 aromatic carbocycles. The molecular formula is C18H28N2O. The van der Waals surface area contributed by atoms with Gasteiger partial charge in [0.15, 0.2) is 0 Å². The van der Waals surface area contributed by atoms with Gasteiger partial charge >= 0.3 is 0 Å². The molecule has 0 bridgehead atoms. The minimum absolute atomic E-state index is 0.122. The summed E-state index contributed by atoms with van der Waals surface area (Å²) in [4.78, 5) is 14.3. The Bertz CT molecular complexity index is 461. The van der Waals surface area contributed by atoms with Crippen molar-refractivity contribution in [2.75, 3.05) is 13.1 Å². The molecule has 116 valence electrons. The molecule has 21 heavy (non-hydrogen) atoms. The van der Waals surface area contributed by atoms with Crippen molar-refractivity contribution in [1.82, 2.24) is 10.2 Å². The summed E-state index contributed by atoms with van der Waals surface area (Å²) in [6.45, 7) is 10.3. The lowest BCUT2D eigenvalue weighted by atomic mass is 9.99. The van der Waals surface area contributed by atoms with E-state index in [9.17, 15) is 4.79 Å². The molecule has 0 aliphatic carbocycles. The van der Waals surface area contributed by atoms with Crippen LogP contribution in [0, 0.1) is 0 Å². The van der Waals surface area contributed by atoms with E-state index in [-0.39, 0.29) is 18.0 Å². The maximum absolute atomic E-state index is 12.3. The Kier molecular flexibility index (Phi) is 5.40. The molecule has 1 amide bonds. The van der Waals surface area contributed by atoms with Crippen molar-refractivity contribution in [2.24, 2.45) is 0 Å².